The van der Waals surface area contributed by atoms with E-state index in [9.17, 15) is 0 Å². The van der Waals surface area contributed by atoms with Gasteiger partial charge in [0.15, 0.2) is 0 Å². The van der Waals surface area contributed by atoms with E-state index in [-0.39, 0.29) is 18.3 Å². The Kier molecular flexibility index (Phi) is 4.11. The first-order chi connectivity index (χ1) is 15.3. The molecule has 6 rings (SSSR count). The van der Waals surface area contributed by atoms with E-state index in [1.54, 1.807) is 0 Å². The first-order valence-corrected chi connectivity index (χ1v) is 11.1. The molecule has 0 bridgehead atoms. The molecular formula is C28H25BO3. The van der Waals surface area contributed by atoms with Crippen molar-refractivity contribution in [1.29, 1.82) is 0 Å². The molecule has 1 saturated heterocycles. The van der Waals surface area contributed by atoms with Gasteiger partial charge in [0.2, 0.25) is 0 Å². The van der Waals surface area contributed by atoms with E-state index in [4.69, 9.17) is 14.0 Å². The molecule has 158 valence electrons. The number of ether oxygens (including phenoxy) is 1. The van der Waals surface area contributed by atoms with Gasteiger partial charge in [-0.25, -0.2) is 0 Å². The molecule has 4 aromatic carbocycles. The summed E-state index contributed by atoms with van der Waals surface area (Å²) in [4.78, 5) is 0. The fraction of sp³-hybridized carbons (Fsp3) is 0.214. The Balaban J connectivity index is 1.48. The highest BCUT2D eigenvalue weighted by Gasteiger charge is 2.51. The van der Waals surface area contributed by atoms with Crippen LogP contribution in [0.5, 0.6) is 11.5 Å². The summed E-state index contributed by atoms with van der Waals surface area (Å²) in [5.41, 5.74) is 4.96. The van der Waals surface area contributed by atoms with Crippen LogP contribution in [0, 0.1) is 0 Å². The maximum Gasteiger partial charge on any atom is 0.494 e. The van der Waals surface area contributed by atoms with Crippen molar-refractivity contribution in [3.05, 3.63) is 78.9 Å². The van der Waals surface area contributed by atoms with Crippen LogP contribution >= 0.6 is 0 Å². The fourth-order valence-corrected chi connectivity index (χ4v) is 4.66. The van der Waals surface area contributed by atoms with Gasteiger partial charge < -0.3 is 14.0 Å². The number of rotatable bonds is 2. The van der Waals surface area contributed by atoms with Gasteiger partial charge in [-0.1, -0.05) is 66.7 Å². The predicted molar refractivity (Wildman–Crippen MR) is 131 cm³/mol. The highest BCUT2D eigenvalue weighted by molar-refractivity contribution is 6.62. The van der Waals surface area contributed by atoms with E-state index in [0.29, 0.717) is 0 Å². The minimum Gasteiger partial charge on any atom is -0.456 e. The molecule has 3 nitrogen and oxygen atoms in total. The number of para-hydroxylation sites is 1. The minimum absolute atomic E-state index is 0.362. The molecule has 0 N–H and O–H groups in total. The van der Waals surface area contributed by atoms with Crippen molar-refractivity contribution in [2.24, 2.45) is 0 Å². The molecule has 1 fully saturated rings. The van der Waals surface area contributed by atoms with E-state index < -0.39 is 0 Å². The van der Waals surface area contributed by atoms with Crippen molar-refractivity contribution in [2.45, 2.75) is 38.9 Å². The Morgan fingerprint density at radius 2 is 1.34 bits per heavy atom. The number of hydrogen-bond acceptors (Lipinski definition) is 3. The molecule has 0 atom stereocenters. The zero-order chi connectivity index (χ0) is 22.1. The lowest BCUT2D eigenvalue weighted by atomic mass is 9.77. The molecule has 32 heavy (non-hydrogen) atoms. The highest BCUT2D eigenvalue weighted by atomic mass is 16.7. The van der Waals surface area contributed by atoms with Crippen LogP contribution in [0.3, 0.4) is 0 Å². The van der Waals surface area contributed by atoms with Crippen molar-refractivity contribution < 1.29 is 14.0 Å². The number of hydrogen-bond donors (Lipinski definition) is 0. The van der Waals surface area contributed by atoms with Crippen LogP contribution in [0.1, 0.15) is 27.7 Å². The predicted octanol–water partition coefficient (Wildman–Crippen LogP) is 6.58. The second-order valence-corrected chi connectivity index (χ2v) is 9.65. The van der Waals surface area contributed by atoms with Crippen LogP contribution in [0.15, 0.2) is 78.9 Å². The monoisotopic (exact) mass is 420 g/mol. The lowest BCUT2D eigenvalue weighted by Gasteiger charge is -2.32. The third-order valence-electron chi connectivity index (χ3n) is 7.12. The summed E-state index contributed by atoms with van der Waals surface area (Å²) < 4.78 is 18.8. The molecular weight excluding hydrogens is 395 g/mol. The average Bonchev–Trinajstić information content (AvgIpc) is 3.01. The first kappa shape index (κ1) is 19.6. The molecule has 4 heteroatoms. The molecule has 0 amide bonds. The fourth-order valence-electron chi connectivity index (χ4n) is 4.66. The second kappa shape index (κ2) is 6.71. The van der Waals surface area contributed by atoms with E-state index in [1.807, 2.05) is 12.1 Å². The van der Waals surface area contributed by atoms with E-state index in [0.717, 1.165) is 33.5 Å². The Bertz CT molecular complexity index is 1360. The zero-order valence-electron chi connectivity index (χ0n) is 18.8. The van der Waals surface area contributed by atoms with Gasteiger partial charge in [0.1, 0.15) is 11.5 Å². The third kappa shape index (κ3) is 2.83. The molecule has 0 unspecified atom stereocenters. The highest BCUT2D eigenvalue weighted by Crippen LogP contribution is 2.48. The molecule has 0 saturated carbocycles. The zero-order valence-corrected chi connectivity index (χ0v) is 18.8. The number of fused-ring (bicyclic) bond motifs is 2. The molecule has 0 aliphatic carbocycles. The van der Waals surface area contributed by atoms with Crippen LogP contribution in [-0.4, -0.2) is 18.3 Å². The third-order valence-corrected chi connectivity index (χ3v) is 7.12. The first-order valence-electron chi connectivity index (χ1n) is 11.1. The van der Waals surface area contributed by atoms with Crippen LogP contribution in [0.4, 0.5) is 0 Å². The van der Waals surface area contributed by atoms with Crippen LogP contribution < -0.4 is 10.2 Å². The van der Waals surface area contributed by atoms with E-state index in [1.165, 1.54) is 16.5 Å². The molecule has 4 aromatic rings. The molecule has 0 aromatic heterocycles. The summed E-state index contributed by atoms with van der Waals surface area (Å²) in [6.07, 6.45) is 0. The topological polar surface area (TPSA) is 27.7 Å². The van der Waals surface area contributed by atoms with Gasteiger partial charge in [-0.3, -0.25) is 0 Å². The van der Waals surface area contributed by atoms with Gasteiger partial charge in [0.05, 0.1) is 11.2 Å². The van der Waals surface area contributed by atoms with Gasteiger partial charge in [-0.2, -0.15) is 0 Å². The quantitative estimate of drug-likeness (QED) is 0.302. The molecule has 2 heterocycles. The normalized spacial score (nSPS) is 17.8. The van der Waals surface area contributed by atoms with Crippen LogP contribution in [0.25, 0.3) is 33.0 Å². The Morgan fingerprint density at radius 1 is 0.625 bits per heavy atom. The van der Waals surface area contributed by atoms with Crippen molar-refractivity contribution in [3.63, 3.8) is 0 Å². The molecule has 2 aliphatic rings. The standard InChI is InChI=1S/C28H25BO3/c1-27(2)28(3,4)32-29(31-27)19-10-7-9-18(17-19)20-15-16-25-26-22(20)12-8-13-23(26)21-11-5-6-14-24(21)30-25/h5-17H,1-4H3. The largest absolute Gasteiger partial charge is 0.494 e. The molecule has 0 radical (unpaired) electrons. The van der Waals surface area contributed by atoms with Crippen molar-refractivity contribution in [1.82, 2.24) is 0 Å². The van der Waals surface area contributed by atoms with Crippen LogP contribution in [-0.2, 0) is 9.31 Å². The van der Waals surface area contributed by atoms with E-state index >= 15 is 0 Å². The van der Waals surface area contributed by atoms with Crippen molar-refractivity contribution >= 4 is 23.4 Å². The Hall–Kier alpha value is -3.08. The van der Waals surface area contributed by atoms with Gasteiger partial charge in [-0.05, 0) is 67.4 Å². The summed E-state index contributed by atoms with van der Waals surface area (Å²) >= 11 is 0. The maximum atomic E-state index is 6.29. The summed E-state index contributed by atoms with van der Waals surface area (Å²) in [5.74, 6) is 1.81. The van der Waals surface area contributed by atoms with Crippen LogP contribution in [0.2, 0.25) is 0 Å². The molecule has 2 aliphatic heterocycles. The van der Waals surface area contributed by atoms with Gasteiger partial charge in [0.25, 0.3) is 0 Å². The van der Waals surface area contributed by atoms with Crippen molar-refractivity contribution in [3.8, 4) is 33.8 Å². The lowest BCUT2D eigenvalue weighted by Crippen LogP contribution is -2.41. The SMILES string of the molecule is CC1(C)OB(c2cccc(-c3ccc4c5c(cccc35)-c3ccccc3O4)c2)OC1(C)C. The second-order valence-electron chi connectivity index (χ2n) is 9.65. The summed E-state index contributed by atoms with van der Waals surface area (Å²) in [6, 6.07) is 27.4. The van der Waals surface area contributed by atoms with Gasteiger partial charge in [0, 0.05) is 10.9 Å². The van der Waals surface area contributed by atoms with Gasteiger partial charge in [-0.15, -0.1) is 0 Å². The minimum atomic E-state index is -0.379. The van der Waals surface area contributed by atoms with Gasteiger partial charge >= 0.3 is 7.12 Å². The average molecular weight is 420 g/mol. The lowest BCUT2D eigenvalue weighted by molar-refractivity contribution is 0.00578. The smallest absolute Gasteiger partial charge is 0.456 e. The maximum absolute atomic E-state index is 6.29. The molecule has 0 spiro atoms. The summed E-state index contributed by atoms with van der Waals surface area (Å²) in [7, 11) is -0.379. The Labute approximate surface area is 189 Å². The summed E-state index contributed by atoms with van der Waals surface area (Å²) in [5, 5.41) is 2.34. The van der Waals surface area contributed by atoms with Crippen molar-refractivity contribution in [2.75, 3.05) is 0 Å². The number of benzene rings is 4. The summed E-state index contributed by atoms with van der Waals surface area (Å²) in [6.45, 7) is 8.34. The van der Waals surface area contributed by atoms with E-state index in [2.05, 4.69) is 94.4 Å². The Morgan fingerprint density at radius 3 is 2.16 bits per heavy atom.